The van der Waals surface area contributed by atoms with Crippen molar-refractivity contribution in [3.63, 3.8) is 0 Å². The van der Waals surface area contributed by atoms with Crippen LogP contribution in [0.2, 0.25) is 25.7 Å². The van der Waals surface area contributed by atoms with Crippen LogP contribution < -0.4 is 21.3 Å². The summed E-state index contributed by atoms with van der Waals surface area (Å²) < 4.78 is 38.6. The molecule has 37 heavy (non-hydrogen) atoms. The molecule has 1 fully saturated rings. The van der Waals surface area contributed by atoms with Gasteiger partial charge in [0.25, 0.3) is 0 Å². The molecule has 9 nitrogen and oxygen atoms in total. The van der Waals surface area contributed by atoms with Crippen LogP contribution in [0, 0.1) is 22.7 Å². The van der Waals surface area contributed by atoms with Gasteiger partial charge in [-0.2, -0.15) is 18.4 Å². The van der Waals surface area contributed by atoms with Gasteiger partial charge in [-0.3, -0.25) is 19.2 Å². The minimum absolute atomic E-state index is 0.137. The number of alkyl halides is 3. The topological polar surface area (TPSA) is 140 Å². The van der Waals surface area contributed by atoms with Crippen molar-refractivity contribution in [1.29, 1.82) is 5.26 Å². The van der Waals surface area contributed by atoms with E-state index in [0.29, 0.717) is 6.42 Å². The van der Waals surface area contributed by atoms with Crippen molar-refractivity contribution >= 4 is 31.7 Å². The minimum atomic E-state index is -5.18. The first-order chi connectivity index (χ1) is 16.5. The van der Waals surface area contributed by atoms with Crippen LogP contribution in [-0.4, -0.2) is 61.5 Å². The van der Waals surface area contributed by atoms with Gasteiger partial charge < -0.3 is 21.3 Å². The second-order valence-corrected chi connectivity index (χ2v) is 18.3. The first kappa shape index (κ1) is 32.4. The number of carbonyl (C=O) groups excluding carboxylic acids is 4. The largest absolute Gasteiger partial charge is 0.471 e. The highest BCUT2D eigenvalue weighted by molar-refractivity contribution is 6.76. The Morgan fingerprint density at radius 2 is 1.68 bits per heavy atom. The molecule has 0 bridgehead atoms. The molecular weight excluding hydrogens is 507 g/mol. The maximum Gasteiger partial charge on any atom is 0.471 e. The van der Waals surface area contributed by atoms with Crippen molar-refractivity contribution < 1.29 is 32.3 Å². The van der Waals surface area contributed by atoms with Gasteiger partial charge in [-0.25, -0.2) is 0 Å². The van der Waals surface area contributed by atoms with Gasteiger partial charge in [0.2, 0.25) is 17.7 Å². The normalized spacial score (nSPS) is 20.5. The van der Waals surface area contributed by atoms with Gasteiger partial charge >= 0.3 is 12.1 Å². The van der Waals surface area contributed by atoms with Crippen LogP contribution in [0.25, 0.3) is 0 Å². The van der Waals surface area contributed by atoms with E-state index in [1.807, 2.05) is 39.6 Å². The van der Waals surface area contributed by atoms with Gasteiger partial charge in [-0.15, -0.1) is 0 Å². The summed E-state index contributed by atoms with van der Waals surface area (Å²) >= 11 is 0. The minimum Gasteiger partial charge on any atom is -0.351 e. The van der Waals surface area contributed by atoms with Crippen molar-refractivity contribution in [3.05, 3.63) is 0 Å². The Morgan fingerprint density at radius 3 is 2.11 bits per heavy atom. The summed E-state index contributed by atoms with van der Waals surface area (Å²) in [5.74, 6) is -4.10. The summed E-state index contributed by atoms with van der Waals surface area (Å²) in [5.41, 5.74) is -1.53. The molecule has 13 heteroatoms. The van der Waals surface area contributed by atoms with Crippen LogP contribution in [-0.2, 0) is 19.2 Å². The highest BCUT2D eigenvalue weighted by Gasteiger charge is 2.44. The Morgan fingerprint density at radius 1 is 1.11 bits per heavy atom. The van der Waals surface area contributed by atoms with Crippen LogP contribution in [0.4, 0.5) is 13.2 Å². The molecule has 0 aromatic rings. The van der Waals surface area contributed by atoms with E-state index in [-0.39, 0.29) is 30.7 Å². The van der Waals surface area contributed by atoms with Gasteiger partial charge in [-0.05, 0) is 44.1 Å². The number of halogens is 3. The predicted octanol–water partition coefficient (Wildman–Crippen LogP) is 2.61. The summed E-state index contributed by atoms with van der Waals surface area (Å²) in [6.45, 7) is 14.1. The Bertz CT molecular complexity index is 919. The smallest absolute Gasteiger partial charge is 0.351 e. The number of nitrogens with zero attached hydrogens (tertiary/aromatic N) is 1. The Labute approximate surface area is 217 Å². The zero-order chi connectivity index (χ0) is 29.0. The van der Waals surface area contributed by atoms with Crippen LogP contribution in [0.3, 0.4) is 0 Å². The quantitative estimate of drug-likeness (QED) is 0.329. The lowest BCUT2D eigenvalue weighted by Crippen LogP contribution is -2.60. The van der Waals surface area contributed by atoms with Crippen LogP contribution >= 0.6 is 0 Å². The van der Waals surface area contributed by atoms with Gasteiger partial charge in [0.05, 0.1) is 6.07 Å². The SMILES string of the molecule is CC1(C)C[C@@H](C[C@@H](C#N)NC(=O)[C@H](C[Si](C)(C)C)NC(=O)[C@@H](NC(=O)C(F)(F)F)C(C)(C)C)CC(=O)N1. The standard InChI is InChI=1S/C24H40F3N5O4Si/c1-22(2,3)18(31-21(36)24(25,26)27)20(35)30-16(13-37(6,7)8)19(34)29-15(12-28)9-14-10-17(33)32-23(4,5)11-14/h14-16,18H,9-11,13H2,1-8H3,(H,29,34)(H,30,35)(H,31,36)(H,32,33)/t14-,15-,16-,18+/m0/s1. The molecule has 0 aromatic carbocycles. The molecule has 1 aliphatic rings. The molecule has 4 amide bonds. The number of hydrogen-bond donors (Lipinski definition) is 4. The van der Waals surface area contributed by atoms with E-state index in [1.165, 1.54) is 20.8 Å². The fraction of sp³-hybridized carbons (Fsp3) is 0.792. The molecule has 210 valence electrons. The van der Waals surface area contributed by atoms with Crippen molar-refractivity contribution in [2.24, 2.45) is 11.3 Å². The summed E-state index contributed by atoms with van der Waals surface area (Å²) in [6.07, 6.45) is -4.10. The average Bonchev–Trinajstić information content (AvgIpc) is 2.66. The third-order valence-corrected chi connectivity index (χ3v) is 7.54. The highest BCUT2D eigenvalue weighted by atomic mass is 28.3. The molecule has 0 saturated carbocycles. The fourth-order valence-corrected chi connectivity index (χ4v) is 5.93. The molecule has 1 aliphatic heterocycles. The number of nitriles is 1. The van der Waals surface area contributed by atoms with Crippen LogP contribution in [0.15, 0.2) is 0 Å². The zero-order valence-electron chi connectivity index (χ0n) is 22.9. The molecule has 4 N–H and O–H groups in total. The van der Waals surface area contributed by atoms with Gasteiger partial charge in [0.1, 0.15) is 18.1 Å². The van der Waals surface area contributed by atoms with Crippen molar-refractivity contribution in [1.82, 2.24) is 21.3 Å². The maximum absolute atomic E-state index is 13.2. The molecule has 0 aliphatic carbocycles. The van der Waals surface area contributed by atoms with Crippen LogP contribution in [0.5, 0.6) is 0 Å². The fourth-order valence-electron chi connectivity index (χ4n) is 4.42. The Kier molecular flexibility index (Phi) is 10.4. The van der Waals surface area contributed by atoms with E-state index < -0.39 is 61.1 Å². The van der Waals surface area contributed by atoms with Gasteiger partial charge in [0.15, 0.2) is 0 Å². The molecule has 0 unspecified atom stereocenters. The molecule has 4 atom stereocenters. The summed E-state index contributed by atoms with van der Waals surface area (Å²) in [4.78, 5) is 49.9. The van der Waals surface area contributed by atoms with E-state index in [1.54, 1.807) is 5.32 Å². The molecule has 1 rings (SSSR count). The second kappa shape index (κ2) is 11.8. The van der Waals surface area contributed by atoms with Crippen LogP contribution in [0.1, 0.15) is 53.9 Å². The molecule has 1 heterocycles. The van der Waals surface area contributed by atoms with Crippen molar-refractivity contribution in [2.45, 2.75) is 109 Å². The monoisotopic (exact) mass is 547 g/mol. The lowest BCUT2D eigenvalue weighted by molar-refractivity contribution is -0.175. The number of rotatable bonds is 9. The van der Waals surface area contributed by atoms with E-state index in [0.717, 1.165) is 0 Å². The Hall–Kier alpha value is -2.62. The predicted molar refractivity (Wildman–Crippen MR) is 135 cm³/mol. The average molecular weight is 548 g/mol. The third kappa shape index (κ3) is 11.1. The molecule has 0 spiro atoms. The molecular formula is C24H40F3N5O4Si. The second-order valence-electron chi connectivity index (χ2n) is 12.7. The third-order valence-electron chi connectivity index (χ3n) is 5.90. The Balaban J connectivity index is 3.07. The summed E-state index contributed by atoms with van der Waals surface area (Å²) in [5, 5.41) is 19.4. The number of nitrogens with one attached hydrogen (secondary N) is 4. The first-order valence-electron chi connectivity index (χ1n) is 12.2. The summed E-state index contributed by atoms with van der Waals surface area (Å²) in [7, 11) is -2.00. The lowest BCUT2D eigenvalue weighted by atomic mass is 9.81. The number of hydrogen-bond acceptors (Lipinski definition) is 5. The number of amides is 4. The molecule has 1 saturated heterocycles. The van der Waals surface area contributed by atoms with E-state index in [2.05, 4.69) is 16.0 Å². The van der Waals surface area contributed by atoms with E-state index in [9.17, 15) is 37.6 Å². The number of carbonyl (C=O) groups is 4. The van der Waals surface area contributed by atoms with E-state index >= 15 is 0 Å². The van der Waals surface area contributed by atoms with Crippen molar-refractivity contribution in [2.75, 3.05) is 0 Å². The molecule has 0 aromatic heterocycles. The molecule has 0 radical (unpaired) electrons. The van der Waals surface area contributed by atoms with Crippen molar-refractivity contribution in [3.8, 4) is 6.07 Å². The maximum atomic E-state index is 13.2. The summed E-state index contributed by atoms with van der Waals surface area (Å²) in [6, 6.07) is -1.31. The lowest BCUT2D eigenvalue weighted by Gasteiger charge is -2.37. The number of piperidine rings is 1. The van der Waals surface area contributed by atoms with E-state index in [4.69, 9.17) is 0 Å². The first-order valence-corrected chi connectivity index (χ1v) is 15.9. The zero-order valence-corrected chi connectivity index (χ0v) is 23.9. The van der Waals surface area contributed by atoms with Gasteiger partial charge in [-0.1, -0.05) is 40.4 Å². The highest BCUT2D eigenvalue weighted by Crippen LogP contribution is 2.28. The van der Waals surface area contributed by atoms with Gasteiger partial charge in [0, 0.05) is 20.0 Å².